The van der Waals surface area contributed by atoms with Crippen LogP contribution in [0.15, 0.2) is 24.3 Å². The van der Waals surface area contributed by atoms with E-state index in [0.717, 1.165) is 44.5 Å². The minimum Gasteiger partial charge on any atom is -0.366 e. The summed E-state index contributed by atoms with van der Waals surface area (Å²) >= 11 is 0. The molecule has 1 fully saturated rings. The van der Waals surface area contributed by atoms with E-state index in [0.29, 0.717) is 0 Å². The molecule has 1 aromatic heterocycles. The highest BCUT2D eigenvalue weighted by Gasteiger charge is 2.37. The van der Waals surface area contributed by atoms with Crippen molar-refractivity contribution in [1.29, 1.82) is 0 Å². The maximum Gasteiger partial charge on any atom is 0.433 e. The number of pyridine rings is 1. The molecular formula is C19H20F6N2O. The molecule has 2 aromatic rings. The maximum absolute atomic E-state index is 13.3. The van der Waals surface area contributed by atoms with Crippen LogP contribution in [0.4, 0.5) is 26.3 Å². The van der Waals surface area contributed by atoms with Gasteiger partial charge in [0.25, 0.3) is 0 Å². The SMILES string of the molecule is COC(Cc1cc(C(F)(F)F)nc2c(C(F)(F)F)cccc12)N1CCCCC1. The van der Waals surface area contributed by atoms with Crippen molar-refractivity contribution in [3.8, 4) is 0 Å². The van der Waals surface area contributed by atoms with E-state index < -0.39 is 35.4 Å². The molecule has 1 aliphatic heterocycles. The zero-order valence-corrected chi connectivity index (χ0v) is 15.2. The Balaban J connectivity index is 2.12. The van der Waals surface area contributed by atoms with Gasteiger partial charge in [0.2, 0.25) is 0 Å². The van der Waals surface area contributed by atoms with Gasteiger partial charge in [-0.1, -0.05) is 18.6 Å². The minimum absolute atomic E-state index is 0.0416. The van der Waals surface area contributed by atoms with Crippen LogP contribution < -0.4 is 0 Å². The van der Waals surface area contributed by atoms with E-state index >= 15 is 0 Å². The zero-order valence-electron chi connectivity index (χ0n) is 15.2. The second kappa shape index (κ2) is 7.87. The number of benzene rings is 1. The van der Waals surface area contributed by atoms with E-state index in [1.54, 1.807) is 0 Å². The van der Waals surface area contributed by atoms with Gasteiger partial charge in [0, 0.05) is 32.0 Å². The largest absolute Gasteiger partial charge is 0.433 e. The van der Waals surface area contributed by atoms with Crippen LogP contribution in [0.5, 0.6) is 0 Å². The molecular weight excluding hydrogens is 386 g/mol. The lowest BCUT2D eigenvalue weighted by Crippen LogP contribution is -2.41. The molecule has 0 N–H and O–H groups in total. The summed E-state index contributed by atoms with van der Waals surface area (Å²) in [6, 6.07) is 4.14. The van der Waals surface area contributed by atoms with Crippen LogP contribution in [0.2, 0.25) is 0 Å². The second-order valence-electron chi connectivity index (χ2n) is 6.85. The lowest BCUT2D eigenvalue weighted by atomic mass is 9.99. The first-order chi connectivity index (χ1) is 13.1. The molecule has 3 rings (SSSR count). The Morgan fingerprint density at radius 3 is 2.29 bits per heavy atom. The molecule has 0 spiro atoms. The Labute approximate surface area is 158 Å². The van der Waals surface area contributed by atoms with Gasteiger partial charge in [0.15, 0.2) is 0 Å². The summed E-state index contributed by atoms with van der Waals surface area (Å²) in [5, 5.41) is 0.0573. The van der Waals surface area contributed by atoms with Crippen molar-refractivity contribution in [3.05, 3.63) is 41.1 Å². The van der Waals surface area contributed by atoms with Gasteiger partial charge in [-0.15, -0.1) is 0 Å². The average Bonchev–Trinajstić information content (AvgIpc) is 2.64. The molecule has 0 bridgehead atoms. The van der Waals surface area contributed by atoms with E-state index in [9.17, 15) is 26.3 Å². The molecule has 0 saturated carbocycles. The summed E-state index contributed by atoms with van der Waals surface area (Å²) in [5.74, 6) is 0. The molecule has 2 heterocycles. The topological polar surface area (TPSA) is 25.4 Å². The Hall–Kier alpha value is -1.87. The van der Waals surface area contributed by atoms with E-state index in [1.807, 2.05) is 4.90 Å². The van der Waals surface area contributed by atoms with Crippen LogP contribution in [0, 0.1) is 0 Å². The van der Waals surface area contributed by atoms with Gasteiger partial charge in [-0.3, -0.25) is 4.90 Å². The Bertz CT molecular complexity index is 828. The van der Waals surface area contributed by atoms with E-state index in [2.05, 4.69) is 4.98 Å². The van der Waals surface area contributed by atoms with Gasteiger partial charge in [-0.2, -0.15) is 26.3 Å². The summed E-state index contributed by atoms with van der Waals surface area (Å²) in [6.07, 6.45) is -7.16. The molecule has 154 valence electrons. The molecule has 0 aliphatic carbocycles. The minimum atomic E-state index is -4.85. The highest BCUT2D eigenvalue weighted by Crippen LogP contribution is 2.38. The lowest BCUT2D eigenvalue weighted by molar-refractivity contribution is -0.142. The molecule has 28 heavy (non-hydrogen) atoms. The fourth-order valence-corrected chi connectivity index (χ4v) is 3.62. The third kappa shape index (κ3) is 4.41. The molecule has 1 atom stereocenters. The molecule has 0 radical (unpaired) electrons. The average molecular weight is 406 g/mol. The van der Waals surface area contributed by atoms with Gasteiger partial charge < -0.3 is 4.74 Å². The predicted octanol–water partition coefficient (Wildman–Crippen LogP) is 5.27. The summed E-state index contributed by atoms with van der Waals surface area (Å²) in [7, 11) is 1.45. The lowest BCUT2D eigenvalue weighted by Gasteiger charge is -2.33. The fourth-order valence-electron chi connectivity index (χ4n) is 3.62. The van der Waals surface area contributed by atoms with E-state index in [1.165, 1.54) is 19.2 Å². The van der Waals surface area contributed by atoms with Crippen LogP contribution >= 0.6 is 0 Å². The van der Waals surface area contributed by atoms with Crippen molar-refractivity contribution in [2.24, 2.45) is 0 Å². The van der Waals surface area contributed by atoms with Crippen LogP contribution in [0.3, 0.4) is 0 Å². The van der Waals surface area contributed by atoms with Gasteiger partial charge >= 0.3 is 12.4 Å². The number of likely N-dealkylation sites (tertiary alicyclic amines) is 1. The van der Waals surface area contributed by atoms with Gasteiger partial charge in [0.1, 0.15) is 11.9 Å². The number of halogens is 6. The standard InChI is InChI=1S/C19H20F6N2O/c1-28-16(27-8-3-2-4-9-27)11-12-10-15(19(23,24)25)26-17-13(12)6-5-7-14(17)18(20,21)22/h5-7,10,16H,2-4,8-9,11H2,1H3. The molecule has 9 heteroatoms. The summed E-state index contributed by atoms with van der Waals surface area (Å²) in [6.45, 7) is 1.48. The van der Waals surface area contributed by atoms with Crippen molar-refractivity contribution in [1.82, 2.24) is 9.88 Å². The number of alkyl halides is 6. The van der Waals surface area contributed by atoms with Crippen molar-refractivity contribution < 1.29 is 31.1 Å². The molecule has 1 unspecified atom stereocenters. The third-order valence-corrected chi connectivity index (χ3v) is 4.99. The molecule has 0 amide bonds. The predicted molar refractivity (Wildman–Crippen MR) is 91.7 cm³/mol. The van der Waals surface area contributed by atoms with E-state index in [4.69, 9.17) is 4.74 Å². The number of hydrogen-bond donors (Lipinski definition) is 0. The number of nitrogens with zero attached hydrogens (tertiary/aromatic N) is 2. The van der Waals surface area contributed by atoms with Gasteiger partial charge in [0.05, 0.1) is 11.1 Å². The Morgan fingerprint density at radius 1 is 1.04 bits per heavy atom. The van der Waals surface area contributed by atoms with Crippen LogP contribution in [-0.2, 0) is 23.5 Å². The number of rotatable bonds is 4. The quantitative estimate of drug-likeness (QED) is 0.647. The highest BCUT2D eigenvalue weighted by molar-refractivity contribution is 5.86. The number of methoxy groups -OCH3 is 1. The first-order valence-corrected chi connectivity index (χ1v) is 8.95. The molecule has 1 aliphatic rings. The zero-order chi connectivity index (χ0) is 20.5. The number of aromatic nitrogens is 1. The van der Waals surface area contributed by atoms with Crippen LogP contribution in [-0.4, -0.2) is 36.3 Å². The monoisotopic (exact) mass is 406 g/mol. The molecule has 1 saturated heterocycles. The van der Waals surface area contributed by atoms with Crippen molar-refractivity contribution >= 4 is 10.9 Å². The van der Waals surface area contributed by atoms with Crippen molar-refractivity contribution in [2.75, 3.05) is 20.2 Å². The molecule has 3 nitrogen and oxygen atoms in total. The summed E-state index contributed by atoms with van der Waals surface area (Å²) < 4.78 is 85.4. The Morgan fingerprint density at radius 2 is 1.71 bits per heavy atom. The fraction of sp³-hybridized carbons (Fsp3) is 0.526. The van der Waals surface area contributed by atoms with Crippen LogP contribution in [0.1, 0.15) is 36.1 Å². The summed E-state index contributed by atoms with van der Waals surface area (Å²) in [4.78, 5) is 5.33. The van der Waals surface area contributed by atoms with Crippen molar-refractivity contribution in [2.45, 2.75) is 44.3 Å². The van der Waals surface area contributed by atoms with Crippen LogP contribution in [0.25, 0.3) is 10.9 Å². The third-order valence-electron chi connectivity index (χ3n) is 4.99. The van der Waals surface area contributed by atoms with Gasteiger partial charge in [-0.25, -0.2) is 4.98 Å². The highest BCUT2D eigenvalue weighted by atomic mass is 19.4. The van der Waals surface area contributed by atoms with Crippen molar-refractivity contribution in [3.63, 3.8) is 0 Å². The first-order valence-electron chi connectivity index (χ1n) is 8.95. The van der Waals surface area contributed by atoms with E-state index in [-0.39, 0.29) is 17.4 Å². The first kappa shape index (κ1) is 20.9. The number of ether oxygens (including phenoxy) is 1. The smallest absolute Gasteiger partial charge is 0.366 e. The number of fused-ring (bicyclic) bond motifs is 1. The molecule has 1 aromatic carbocycles. The number of para-hydroxylation sites is 1. The summed E-state index contributed by atoms with van der Waals surface area (Å²) in [5.41, 5.74) is -3.06. The maximum atomic E-state index is 13.3. The number of piperidine rings is 1. The number of hydrogen-bond acceptors (Lipinski definition) is 3. The van der Waals surface area contributed by atoms with Gasteiger partial charge in [-0.05, 0) is 30.5 Å². The Kier molecular flexibility index (Phi) is 5.86. The second-order valence-corrected chi connectivity index (χ2v) is 6.85. The normalized spacial score (nSPS) is 17.8.